The summed E-state index contributed by atoms with van der Waals surface area (Å²) in [6, 6.07) is 3.14. The van der Waals surface area contributed by atoms with Crippen molar-refractivity contribution in [3.63, 3.8) is 0 Å². The maximum absolute atomic E-state index is 14.5. The van der Waals surface area contributed by atoms with E-state index in [4.69, 9.17) is 26.8 Å². The minimum atomic E-state index is -1.10. The van der Waals surface area contributed by atoms with Crippen molar-refractivity contribution in [1.29, 1.82) is 0 Å². The summed E-state index contributed by atoms with van der Waals surface area (Å²) in [5.74, 6) is -3.23. The van der Waals surface area contributed by atoms with E-state index in [-0.39, 0.29) is 59.8 Å². The van der Waals surface area contributed by atoms with Crippen molar-refractivity contribution in [2.45, 2.75) is 13.0 Å². The van der Waals surface area contributed by atoms with Crippen molar-refractivity contribution in [2.75, 3.05) is 26.4 Å². The number of nitrogens with one attached hydrogen (secondary N) is 1. The minimum Gasteiger partial charge on any atom is -0.463 e. The van der Waals surface area contributed by atoms with Crippen LogP contribution in [0.4, 0.5) is 13.2 Å². The van der Waals surface area contributed by atoms with Crippen LogP contribution in [0.25, 0.3) is 0 Å². The summed E-state index contributed by atoms with van der Waals surface area (Å²) in [4.78, 5) is 21.0. The number of rotatable bonds is 8. The summed E-state index contributed by atoms with van der Waals surface area (Å²) in [7, 11) is 0. The first-order valence-electron chi connectivity index (χ1n) is 9.64. The van der Waals surface area contributed by atoms with E-state index in [1.807, 2.05) is 0 Å². The van der Waals surface area contributed by atoms with Gasteiger partial charge >= 0.3 is 5.97 Å². The number of carbonyl (C=O) groups is 1. The zero-order chi connectivity index (χ0) is 23.3. The summed E-state index contributed by atoms with van der Waals surface area (Å²) in [5, 5.41) is 2.83. The predicted molar refractivity (Wildman–Crippen MR) is 112 cm³/mol. The highest BCUT2D eigenvalue weighted by Gasteiger charge is 2.34. The number of benzene rings is 1. The molecule has 11 heteroatoms. The molecule has 0 saturated heterocycles. The molecule has 32 heavy (non-hydrogen) atoms. The van der Waals surface area contributed by atoms with Gasteiger partial charge in [0.25, 0.3) is 0 Å². The van der Waals surface area contributed by atoms with Gasteiger partial charge in [-0.3, -0.25) is 4.99 Å². The normalized spacial score (nSPS) is 15.9. The van der Waals surface area contributed by atoms with E-state index in [0.29, 0.717) is 6.07 Å². The van der Waals surface area contributed by atoms with Gasteiger partial charge in [-0.1, -0.05) is 17.7 Å². The molecule has 170 valence electrons. The monoisotopic (exact) mass is 468 g/mol. The highest BCUT2D eigenvalue weighted by Crippen LogP contribution is 2.36. The fourth-order valence-electron chi connectivity index (χ4n) is 3.07. The molecule has 2 heterocycles. The summed E-state index contributed by atoms with van der Waals surface area (Å²) in [5.41, 5.74) is 5.71. The maximum atomic E-state index is 14.5. The Hall–Kier alpha value is -2.95. The molecule has 0 bridgehead atoms. The maximum Gasteiger partial charge on any atom is 0.338 e. The van der Waals surface area contributed by atoms with Crippen LogP contribution in [0.5, 0.6) is 0 Å². The molecular weight excluding hydrogens is 449 g/mol. The second-order valence-corrected chi connectivity index (χ2v) is 7.02. The highest BCUT2D eigenvalue weighted by atomic mass is 35.5. The Morgan fingerprint density at radius 2 is 2.03 bits per heavy atom. The van der Waals surface area contributed by atoms with E-state index in [9.17, 15) is 18.0 Å². The summed E-state index contributed by atoms with van der Waals surface area (Å²) in [6.45, 7) is 1.99. The summed E-state index contributed by atoms with van der Waals surface area (Å²) >= 11 is 6.24. The van der Waals surface area contributed by atoms with Gasteiger partial charge in [0.15, 0.2) is 11.7 Å². The van der Waals surface area contributed by atoms with E-state index in [2.05, 4.69) is 15.3 Å². The van der Waals surface area contributed by atoms with Crippen LogP contribution in [0.2, 0.25) is 5.02 Å². The average Bonchev–Trinajstić information content (AvgIpc) is 2.73. The molecule has 3 N–H and O–H groups in total. The van der Waals surface area contributed by atoms with Crippen LogP contribution in [-0.4, -0.2) is 43.2 Å². The number of aliphatic imine (C=N–C) groups is 1. The number of aromatic nitrogens is 1. The standard InChI is InChI=1S/C21H20ClF3N4O3/c1-2-32-21(30)17-16(10-31-6-5-26)28-20(19-15(25)8-12(24)9-27-19)29-18(17)13-4-3-11(23)7-14(13)22/h3-4,7-9,18H,2,5-6,10,26H2,1H3,(H,28,29). The molecule has 1 unspecified atom stereocenters. The molecule has 3 rings (SSSR count). The number of halogens is 4. The number of ether oxygens (including phenoxy) is 2. The second kappa shape index (κ2) is 10.6. The van der Waals surface area contributed by atoms with Gasteiger partial charge in [0.1, 0.15) is 23.4 Å². The van der Waals surface area contributed by atoms with E-state index in [0.717, 1.165) is 18.3 Å². The van der Waals surface area contributed by atoms with Crippen molar-refractivity contribution in [3.05, 3.63) is 75.5 Å². The lowest BCUT2D eigenvalue weighted by atomic mass is 9.95. The van der Waals surface area contributed by atoms with Crippen LogP contribution >= 0.6 is 11.6 Å². The van der Waals surface area contributed by atoms with Gasteiger partial charge < -0.3 is 20.5 Å². The number of amidine groups is 1. The number of nitrogens with zero attached hydrogens (tertiary/aromatic N) is 2. The van der Waals surface area contributed by atoms with E-state index >= 15 is 0 Å². The zero-order valence-electron chi connectivity index (χ0n) is 17.0. The van der Waals surface area contributed by atoms with Gasteiger partial charge in [-0.15, -0.1) is 0 Å². The lowest BCUT2D eigenvalue weighted by Crippen LogP contribution is -2.37. The van der Waals surface area contributed by atoms with E-state index < -0.39 is 29.5 Å². The number of pyridine rings is 1. The Kier molecular flexibility index (Phi) is 7.84. The van der Waals surface area contributed by atoms with Crippen LogP contribution in [0, 0.1) is 17.5 Å². The van der Waals surface area contributed by atoms with Gasteiger partial charge in [0.05, 0.1) is 37.3 Å². The molecular formula is C21H20ClF3N4O3. The van der Waals surface area contributed by atoms with Crippen molar-refractivity contribution in [2.24, 2.45) is 10.7 Å². The Labute approximate surface area is 187 Å². The number of esters is 1. The largest absolute Gasteiger partial charge is 0.463 e. The number of hydrogen-bond donors (Lipinski definition) is 2. The van der Waals surface area contributed by atoms with Crippen molar-refractivity contribution < 1.29 is 27.4 Å². The Balaban J connectivity index is 2.17. The smallest absolute Gasteiger partial charge is 0.338 e. The summed E-state index contributed by atoms with van der Waals surface area (Å²) in [6.07, 6.45) is 0.831. The molecule has 1 aromatic heterocycles. The van der Waals surface area contributed by atoms with Gasteiger partial charge in [0.2, 0.25) is 0 Å². The fourth-order valence-corrected chi connectivity index (χ4v) is 3.34. The third-order valence-corrected chi connectivity index (χ3v) is 4.75. The molecule has 1 atom stereocenters. The Morgan fingerprint density at radius 1 is 1.25 bits per heavy atom. The number of nitrogens with two attached hydrogens (primary N) is 1. The van der Waals surface area contributed by atoms with Gasteiger partial charge in [-0.25, -0.2) is 22.9 Å². The minimum absolute atomic E-state index is 0.00318. The van der Waals surface area contributed by atoms with Crippen molar-refractivity contribution in [1.82, 2.24) is 10.3 Å². The van der Waals surface area contributed by atoms with Crippen LogP contribution in [0.3, 0.4) is 0 Å². The topological polar surface area (TPSA) is 98.8 Å². The molecule has 0 fully saturated rings. The molecule has 0 radical (unpaired) electrons. The Morgan fingerprint density at radius 3 is 2.69 bits per heavy atom. The van der Waals surface area contributed by atoms with Crippen LogP contribution in [0.15, 0.2) is 46.7 Å². The average molecular weight is 469 g/mol. The first kappa shape index (κ1) is 23.7. The lowest BCUT2D eigenvalue weighted by Gasteiger charge is -2.28. The third-order valence-electron chi connectivity index (χ3n) is 4.42. The molecule has 0 aliphatic carbocycles. The van der Waals surface area contributed by atoms with E-state index in [1.54, 1.807) is 6.92 Å². The van der Waals surface area contributed by atoms with Crippen molar-refractivity contribution >= 4 is 23.4 Å². The zero-order valence-corrected chi connectivity index (χ0v) is 17.8. The van der Waals surface area contributed by atoms with Gasteiger partial charge in [0, 0.05) is 23.2 Å². The Bertz CT molecular complexity index is 1080. The molecule has 1 aliphatic rings. The van der Waals surface area contributed by atoms with E-state index in [1.165, 1.54) is 6.07 Å². The molecule has 0 saturated carbocycles. The quantitative estimate of drug-likeness (QED) is 0.456. The first-order chi connectivity index (χ1) is 15.3. The number of hydrogen-bond acceptors (Lipinski definition) is 7. The lowest BCUT2D eigenvalue weighted by molar-refractivity contribution is -0.139. The van der Waals surface area contributed by atoms with Crippen LogP contribution < -0.4 is 11.1 Å². The molecule has 2 aromatic rings. The van der Waals surface area contributed by atoms with Crippen LogP contribution in [0.1, 0.15) is 24.2 Å². The molecule has 0 amide bonds. The molecule has 7 nitrogen and oxygen atoms in total. The molecule has 0 spiro atoms. The number of carbonyl (C=O) groups excluding carboxylic acids is 1. The van der Waals surface area contributed by atoms with Gasteiger partial charge in [-0.2, -0.15) is 0 Å². The molecule has 1 aliphatic heterocycles. The SMILES string of the molecule is CCOC(=O)C1=C(COCCN)NC(c2ncc(F)cc2F)=NC1c1ccc(F)cc1Cl. The first-order valence-corrected chi connectivity index (χ1v) is 10.0. The van der Waals surface area contributed by atoms with Crippen LogP contribution in [-0.2, 0) is 14.3 Å². The third kappa shape index (κ3) is 5.26. The molecule has 1 aromatic carbocycles. The fraction of sp³-hybridized carbons (Fsp3) is 0.286. The van der Waals surface area contributed by atoms with Crippen molar-refractivity contribution in [3.8, 4) is 0 Å². The van der Waals surface area contributed by atoms with Gasteiger partial charge in [-0.05, 0) is 19.1 Å². The predicted octanol–water partition coefficient (Wildman–Crippen LogP) is 3.04. The summed E-state index contributed by atoms with van der Waals surface area (Å²) < 4.78 is 52.1. The second-order valence-electron chi connectivity index (χ2n) is 6.61. The highest BCUT2D eigenvalue weighted by molar-refractivity contribution is 6.31.